The maximum atomic E-state index is 12.6. The Kier molecular flexibility index (Phi) is 3.52. The molecule has 4 rings (SSSR count). The zero-order valence-corrected chi connectivity index (χ0v) is 13.8. The third kappa shape index (κ3) is 2.44. The molecule has 24 heavy (non-hydrogen) atoms. The molecule has 0 unspecified atom stereocenters. The fourth-order valence-electron chi connectivity index (χ4n) is 2.97. The molecule has 3 aromatic rings. The summed E-state index contributed by atoms with van der Waals surface area (Å²) in [4.78, 5) is 21.8. The van der Waals surface area contributed by atoms with Gasteiger partial charge in [0, 0.05) is 24.4 Å². The van der Waals surface area contributed by atoms with E-state index in [0.717, 1.165) is 29.6 Å². The third-order valence-electron chi connectivity index (χ3n) is 4.28. The average molecular weight is 321 g/mol. The number of amides is 1. The second-order valence-corrected chi connectivity index (χ2v) is 6.11. The van der Waals surface area contributed by atoms with Crippen molar-refractivity contribution in [2.75, 3.05) is 6.54 Å². The van der Waals surface area contributed by atoms with Crippen molar-refractivity contribution in [1.29, 1.82) is 0 Å². The Hall–Kier alpha value is -2.76. The normalized spacial score (nSPS) is 14.1. The molecule has 0 saturated heterocycles. The van der Waals surface area contributed by atoms with Gasteiger partial charge in [-0.3, -0.25) is 4.79 Å². The molecule has 6 heteroatoms. The van der Waals surface area contributed by atoms with Crippen molar-refractivity contribution in [2.45, 2.75) is 32.6 Å². The van der Waals surface area contributed by atoms with E-state index in [1.165, 1.54) is 0 Å². The van der Waals surface area contributed by atoms with Crippen molar-refractivity contribution >= 4 is 16.9 Å². The SMILES string of the molecule is CCNC(=O)c1cc(C2CC2)nc2c1c(C)nn2-c1ccccn1. The van der Waals surface area contributed by atoms with Crippen LogP contribution in [0.5, 0.6) is 0 Å². The van der Waals surface area contributed by atoms with Gasteiger partial charge in [0.25, 0.3) is 5.91 Å². The molecule has 0 aliphatic heterocycles. The van der Waals surface area contributed by atoms with Crippen LogP contribution in [-0.4, -0.2) is 32.2 Å². The van der Waals surface area contributed by atoms with Crippen LogP contribution in [0.3, 0.4) is 0 Å². The van der Waals surface area contributed by atoms with Gasteiger partial charge in [0.1, 0.15) is 0 Å². The highest BCUT2D eigenvalue weighted by atomic mass is 16.1. The molecule has 0 atom stereocenters. The first-order valence-electron chi connectivity index (χ1n) is 8.29. The molecule has 1 N–H and O–H groups in total. The summed E-state index contributed by atoms with van der Waals surface area (Å²) in [6, 6.07) is 7.61. The summed E-state index contributed by atoms with van der Waals surface area (Å²) in [5.74, 6) is 1.09. The van der Waals surface area contributed by atoms with E-state index in [4.69, 9.17) is 4.98 Å². The lowest BCUT2D eigenvalue weighted by Crippen LogP contribution is -2.23. The van der Waals surface area contributed by atoms with Crippen LogP contribution < -0.4 is 5.32 Å². The van der Waals surface area contributed by atoms with E-state index >= 15 is 0 Å². The minimum Gasteiger partial charge on any atom is -0.352 e. The number of nitrogens with zero attached hydrogens (tertiary/aromatic N) is 4. The predicted molar refractivity (Wildman–Crippen MR) is 91.4 cm³/mol. The van der Waals surface area contributed by atoms with E-state index in [0.29, 0.717) is 29.5 Å². The fraction of sp³-hybridized carbons (Fsp3) is 0.333. The molecule has 1 amide bonds. The summed E-state index contributed by atoms with van der Waals surface area (Å²) in [6.45, 7) is 4.42. The van der Waals surface area contributed by atoms with Gasteiger partial charge >= 0.3 is 0 Å². The number of hydrogen-bond donors (Lipinski definition) is 1. The van der Waals surface area contributed by atoms with Crippen molar-refractivity contribution < 1.29 is 4.79 Å². The van der Waals surface area contributed by atoms with Gasteiger partial charge in [0.15, 0.2) is 11.5 Å². The first-order valence-corrected chi connectivity index (χ1v) is 8.29. The van der Waals surface area contributed by atoms with Crippen LogP contribution in [0.1, 0.15) is 47.4 Å². The smallest absolute Gasteiger partial charge is 0.252 e. The van der Waals surface area contributed by atoms with Crippen LogP contribution in [0.4, 0.5) is 0 Å². The lowest BCUT2D eigenvalue weighted by atomic mass is 10.1. The van der Waals surface area contributed by atoms with E-state index in [1.54, 1.807) is 10.9 Å². The number of rotatable bonds is 4. The molecular formula is C18H19N5O. The minimum absolute atomic E-state index is 0.0736. The zero-order chi connectivity index (χ0) is 16.7. The Balaban J connectivity index is 1.98. The quantitative estimate of drug-likeness (QED) is 0.802. The van der Waals surface area contributed by atoms with Crippen molar-refractivity contribution in [3.63, 3.8) is 0 Å². The summed E-state index contributed by atoms with van der Waals surface area (Å²) >= 11 is 0. The van der Waals surface area contributed by atoms with Gasteiger partial charge in [-0.25, -0.2) is 9.97 Å². The number of hydrogen-bond acceptors (Lipinski definition) is 4. The van der Waals surface area contributed by atoms with Crippen molar-refractivity contribution in [1.82, 2.24) is 25.1 Å². The Labute approximate surface area is 139 Å². The molecule has 0 radical (unpaired) electrons. The number of carbonyl (C=O) groups excluding carboxylic acids is 1. The summed E-state index contributed by atoms with van der Waals surface area (Å²) in [5, 5.41) is 8.29. The van der Waals surface area contributed by atoms with Crippen molar-refractivity contribution in [3.8, 4) is 5.82 Å². The summed E-state index contributed by atoms with van der Waals surface area (Å²) in [7, 11) is 0. The van der Waals surface area contributed by atoms with Gasteiger partial charge in [-0.1, -0.05) is 6.07 Å². The lowest BCUT2D eigenvalue weighted by molar-refractivity contribution is 0.0957. The summed E-state index contributed by atoms with van der Waals surface area (Å²) in [6.07, 6.45) is 3.99. The van der Waals surface area contributed by atoms with Gasteiger partial charge in [-0.05, 0) is 44.9 Å². The molecule has 0 spiro atoms. The van der Waals surface area contributed by atoms with E-state index in [-0.39, 0.29) is 5.91 Å². The predicted octanol–water partition coefficient (Wildman–Crippen LogP) is 2.75. The fourth-order valence-corrected chi connectivity index (χ4v) is 2.97. The van der Waals surface area contributed by atoms with E-state index in [2.05, 4.69) is 15.4 Å². The molecule has 0 aromatic carbocycles. The second-order valence-electron chi connectivity index (χ2n) is 6.11. The van der Waals surface area contributed by atoms with Crippen molar-refractivity contribution in [3.05, 3.63) is 47.4 Å². The Bertz CT molecular complexity index is 912. The summed E-state index contributed by atoms with van der Waals surface area (Å²) < 4.78 is 1.74. The Morgan fingerprint density at radius 3 is 2.88 bits per heavy atom. The number of carbonyl (C=O) groups is 1. The molecule has 3 heterocycles. The summed E-state index contributed by atoms with van der Waals surface area (Å²) in [5.41, 5.74) is 3.12. The number of aryl methyl sites for hydroxylation is 1. The highest BCUT2D eigenvalue weighted by Gasteiger charge is 2.29. The Morgan fingerprint density at radius 2 is 2.21 bits per heavy atom. The first-order chi connectivity index (χ1) is 11.7. The van der Waals surface area contributed by atoms with Crippen LogP contribution in [-0.2, 0) is 0 Å². The van der Waals surface area contributed by atoms with Crippen LogP contribution in [0.25, 0.3) is 16.9 Å². The number of nitrogens with one attached hydrogen (secondary N) is 1. The highest BCUT2D eigenvalue weighted by molar-refractivity contribution is 6.06. The number of fused-ring (bicyclic) bond motifs is 1. The first kappa shape index (κ1) is 14.8. The Morgan fingerprint density at radius 1 is 1.38 bits per heavy atom. The van der Waals surface area contributed by atoms with Crippen LogP contribution in [0.15, 0.2) is 30.5 Å². The molecule has 0 bridgehead atoms. The van der Waals surface area contributed by atoms with E-state index in [9.17, 15) is 4.79 Å². The molecule has 122 valence electrons. The molecule has 1 aliphatic rings. The van der Waals surface area contributed by atoms with Gasteiger partial charge in [0.2, 0.25) is 0 Å². The van der Waals surface area contributed by atoms with Gasteiger partial charge in [-0.15, -0.1) is 0 Å². The van der Waals surface area contributed by atoms with Crippen molar-refractivity contribution in [2.24, 2.45) is 0 Å². The van der Waals surface area contributed by atoms with Gasteiger partial charge < -0.3 is 5.32 Å². The third-order valence-corrected chi connectivity index (χ3v) is 4.28. The molecule has 1 fully saturated rings. The topological polar surface area (TPSA) is 72.7 Å². The monoisotopic (exact) mass is 321 g/mol. The molecule has 6 nitrogen and oxygen atoms in total. The highest BCUT2D eigenvalue weighted by Crippen LogP contribution is 2.40. The minimum atomic E-state index is -0.0736. The van der Waals surface area contributed by atoms with Crippen LogP contribution in [0, 0.1) is 6.92 Å². The largest absolute Gasteiger partial charge is 0.352 e. The van der Waals surface area contributed by atoms with E-state index in [1.807, 2.05) is 38.1 Å². The average Bonchev–Trinajstić information content (AvgIpc) is 3.40. The van der Waals surface area contributed by atoms with E-state index < -0.39 is 0 Å². The molecule has 1 saturated carbocycles. The number of pyridine rings is 2. The van der Waals surface area contributed by atoms with Gasteiger partial charge in [0.05, 0.1) is 16.6 Å². The molecular weight excluding hydrogens is 302 g/mol. The maximum absolute atomic E-state index is 12.6. The van der Waals surface area contributed by atoms with Crippen LogP contribution >= 0.6 is 0 Å². The maximum Gasteiger partial charge on any atom is 0.252 e. The standard InChI is InChI=1S/C18H19N5O/c1-3-19-18(24)13-10-14(12-7-8-12)21-17-16(13)11(2)22-23(17)15-6-4-5-9-20-15/h4-6,9-10,12H,3,7-8H2,1-2H3,(H,19,24). The number of aromatic nitrogens is 4. The van der Waals surface area contributed by atoms with Crippen LogP contribution in [0.2, 0.25) is 0 Å². The molecule has 3 aromatic heterocycles. The molecule has 1 aliphatic carbocycles. The second kappa shape index (κ2) is 5.70. The zero-order valence-electron chi connectivity index (χ0n) is 13.8. The lowest BCUT2D eigenvalue weighted by Gasteiger charge is -2.08. The van der Waals surface area contributed by atoms with Gasteiger partial charge in [-0.2, -0.15) is 9.78 Å².